The highest BCUT2D eigenvalue weighted by atomic mass is 32.2. The molecular formula is C20H15F3N2O3S. The van der Waals surface area contributed by atoms with E-state index in [0.29, 0.717) is 0 Å². The number of benzene rings is 2. The zero-order chi connectivity index (χ0) is 21.0. The number of carbonyl (C=O) groups is 3. The van der Waals surface area contributed by atoms with Crippen LogP contribution >= 0.6 is 11.8 Å². The molecule has 9 heteroatoms. The molecule has 29 heavy (non-hydrogen) atoms. The predicted molar refractivity (Wildman–Crippen MR) is 103 cm³/mol. The van der Waals surface area contributed by atoms with Gasteiger partial charge in [-0.05, 0) is 35.5 Å². The van der Waals surface area contributed by atoms with Crippen molar-refractivity contribution in [3.8, 4) is 0 Å². The Kier molecular flexibility index (Phi) is 6.07. The molecule has 0 saturated carbocycles. The lowest BCUT2D eigenvalue weighted by atomic mass is 10.1. The van der Waals surface area contributed by atoms with Gasteiger partial charge in [-0.2, -0.15) is 13.2 Å². The first-order chi connectivity index (χ1) is 13.8. The summed E-state index contributed by atoms with van der Waals surface area (Å²) >= 11 is 0.775. The fourth-order valence-electron chi connectivity index (χ4n) is 2.70. The molecule has 5 nitrogen and oxygen atoms in total. The molecule has 1 aliphatic rings. The van der Waals surface area contributed by atoms with E-state index in [1.54, 1.807) is 30.3 Å². The van der Waals surface area contributed by atoms with Crippen LogP contribution in [0, 0.1) is 0 Å². The van der Waals surface area contributed by atoms with Gasteiger partial charge >= 0.3 is 6.18 Å². The number of alkyl halides is 3. The zero-order valence-corrected chi connectivity index (χ0v) is 15.7. The molecule has 3 amide bonds. The Morgan fingerprint density at radius 1 is 1.03 bits per heavy atom. The normalized spacial score (nSPS) is 15.8. The van der Waals surface area contributed by atoms with E-state index in [1.165, 1.54) is 12.1 Å². The fourth-order valence-corrected chi connectivity index (χ4v) is 3.56. The molecule has 1 heterocycles. The quantitative estimate of drug-likeness (QED) is 0.738. The fraction of sp³-hybridized carbons (Fsp3) is 0.150. The van der Waals surface area contributed by atoms with Crippen LogP contribution in [-0.4, -0.2) is 35.0 Å². The number of carbonyl (C=O) groups excluding carboxylic acids is 3. The third kappa shape index (κ3) is 4.86. The Balaban J connectivity index is 1.63. The molecule has 1 N–H and O–H groups in total. The molecular weight excluding hydrogens is 405 g/mol. The van der Waals surface area contributed by atoms with Gasteiger partial charge in [0.15, 0.2) is 0 Å². The molecule has 0 aliphatic carbocycles. The summed E-state index contributed by atoms with van der Waals surface area (Å²) in [4.78, 5) is 37.8. The van der Waals surface area contributed by atoms with E-state index >= 15 is 0 Å². The van der Waals surface area contributed by atoms with Crippen molar-refractivity contribution < 1.29 is 27.6 Å². The molecule has 0 atom stereocenters. The lowest BCUT2D eigenvalue weighted by Gasteiger charge is -2.15. The molecule has 2 aromatic carbocycles. The topological polar surface area (TPSA) is 66.5 Å². The van der Waals surface area contributed by atoms with E-state index in [-0.39, 0.29) is 18.0 Å². The zero-order valence-electron chi connectivity index (χ0n) is 14.9. The molecule has 0 bridgehead atoms. The Bertz CT molecular complexity index is 974. The monoisotopic (exact) mass is 420 g/mol. The van der Waals surface area contributed by atoms with Crippen molar-refractivity contribution in [3.05, 3.63) is 76.2 Å². The average molecular weight is 420 g/mol. The Morgan fingerprint density at radius 2 is 1.69 bits per heavy atom. The molecule has 1 fully saturated rings. The number of imide groups is 1. The Hall–Kier alpha value is -3.07. The third-order valence-corrected chi connectivity index (χ3v) is 4.98. The first-order valence-corrected chi connectivity index (χ1v) is 9.34. The van der Waals surface area contributed by atoms with Gasteiger partial charge in [-0.1, -0.05) is 42.5 Å². The average Bonchev–Trinajstić information content (AvgIpc) is 2.95. The summed E-state index contributed by atoms with van der Waals surface area (Å²) in [7, 11) is 0. The van der Waals surface area contributed by atoms with Gasteiger partial charge in [0.2, 0.25) is 0 Å². The largest absolute Gasteiger partial charge is 0.417 e. The van der Waals surface area contributed by atoms with Crippen LogP contribution in [0.25, 0.3) is 6.08 Å². The summed E-state index contributed by atoms with van der Waals surface area (Å²) < 4.78 is 39.0. The number of hydrogen-bond acceptors (Lipinski definition) is 4. The van der Waals surface area contributed by atoms with E-state index in [2.05, 4.69) is 5.32 Å². The van der Waals surface area contributed by atoms with Crippen LogP contribution in [-0.2, 0) is 11.0 Å². The van der Waals surface area contributed by atoms with Crippen LogP contribution in [0.2, 0.25) is 0 Å². The van der Waals surface area contributed by atoms with Crippen molar-refractivity contribution in [2.75, 3.05) is 13.1 Å². The minimum absolute atomic E-state index is 0.142. The summed E-state index contributed by atoms with van der Waals surface area (Å²) in [6, 6.07) is 13.4. The van der Waals surface area contributed by atoms with E-state index < -0.39 is 34.4 Å². The van der Waals surface area contributed by atoms with E-state index in [0.717, 1.165) is 34.4 Å². The number of amides is 3. The number of nitrogens with one attached hydrogen (secondary N) is 1. The molecule has 1 saturated heterocycles. The van der Waals surface area contributed by atoms with E-state index in [4.69, 9.17) is 0 Å². The van der Waals surface area contributed by atoms with Crippen LogP contribution in [0.1, 0.15) is 21.5 Å². The van der Waals surface area contributed by atoms with Crippen LogP contribution < -0.4 is 5.32 Å². The van der Waals surface area contributed by atoms with Gasteiger partial charge < -0.3 is 5.32 Å². The second-order valence-electron chi connectivity index (χ2n) is 6.04. The number of halogens is 3. The second kappa shape index (κ2) is 8.52. The van der Waals surface area contributed by atoms with Gasteiger partial charge in [0.05, 0.1) is 16.0 Å². The lowest BCUT2D eigenvalue weighted by molar-refractivity contribution is -0.138. The van der Waals surface area contributed by atoms with Crippen LogP contribution in [0.4, 0.5) is 18.0 Å². The molecule has 0 unspecified atom stereocenters. The standard InChI is InChI=1S/C20H15F3N2O3S/c21-20(22,23)15-9-5-4-8-14(15)17(26)24-10-11-25-18(27)16(29-19(25)28)12-13-6-2-1-3-7-13/h1-9,12H,10-11H2,(H,24,26)/b16-12+. The summed E-state index contributed by atoms with van der Waals surface area (Å²) in [5.41, 5.74) is -0.803. The van der Waals surface area contributed by atoms with Crippen LogP contribution in [0.15, 0.2) is 59.5 Å². The first kappa shape index (κ1) is 20.7. The number of hydrogen-bond donors (Lipinski definition) is 1. The minimum atomic E-state index is -4.66. The van der Waals surface area contributed by atoms with Gasteiger partial charge in [-0.3, -0.25) is 19.3 Å². The van der Waals surface area contributed by atoms with Crippen molar-refractivity contribution in [1.29, 1.82) is 0 Å². The maximum atomic E-state index is 13.0. The van der Waals surface area contributed by atoms with Gasteiger partial charge in [0.1, 0.15) is 0 Å². The maximum Gasteiger partial charge on any atom is 0.417 e. The molecule has 3 rings (SSSR count). The van der Waals surface area contributed by atoms with E-state index in [1.807, 2.05) is 6.07 Å². The van der Waals surface area contributed by atoms with Crippen LogP contribution in [0.5, 0.6) is 0 Å². The second-order valence-corrected chi connectivity index (χ2v) is 7.04. The first-order valence-electron chi connectivity index (χ1n) is 8.52. The SMILES string of the molecule is O=C(NCCN1C(=O)S/C(=C/c2ccccc2)C1=O)c1ccccc1C(F)(F)F. The third-order valence-electron chi connectivity index (χ3n) is 4.07. The number of rotatable bonds is 5. The summed E-state index contributed by atoms with van der Waals surface area (Å²) in [6.07, 6.45) is -3.08. The highest BCUT2D eigenvalue weighted by molar-refractivity contribution is 8.18. The number of nitrogens with zero attached hydrogens (tertiary/aromatic N) is 1. The van der Waals surface area contributed by atoms with Gasteiger partial charge in [0, 0.05) is 13.1 Å². The maximum absolute atomic E-state index is 13.0. The van der Waals surface area contributed by atoms with Gasteiger partial charge in [0.25, 0.3) is 17.1 Å². The molecule has 0 radical (unpaired) electrons. The summed E-state index contributed by atoms with van der Waals surface area (Å²) in [5, 5.41) is 1.83. The number of thioether (sulfide) groups is 1. The molecule has 2 aromatic rings. The minimum Gasteiger partial charge on any atom is -0.350 e. The lowest BCUT2D eigenvalue weighted by Crippen LogP contribution is -2.37. The predicted octanol–water partition coefficient (Wildman–Crippen LogP) is 4.17. The van der Waals surface area contributed by atoms with Gasteiger partial charge in [-0.15, -0.1) is 0 Å². The van der Waals surface area contributed by atoms with Crippen molar-refractivity contribution >= 4 is 34.9 Å². The highest BCUT2D eigenvalue weighted by Crippen LogP contribution is 2.33. The highest BCUT2D eigenvalue weighted by Gasteiger charge is 2.36. The van der Waals surface area contributed by atoms with E-state index in [9.17, 15) is 27.6 Å². The molecule has 0 aromatic heterocycles. The van der Waals surface area contributed by atoms with Crippen molar-refractivity contribution in [2.24, 2.45) is 0 Å². The van der Waals surface area contributed by atoms with Crippen molar-refractivity contribution in [2.45, 2.75) is 6.18 Å². The van der Waals surface area contributed by atoms with Crippen LogP contribution in [0.3, 0.4) is 0 Å². The molecule has 0 spiro atoms. The summed E-state index contributed by atoms with van der Waals surface area (Å²) in [5.74, 6) is -1.43. The molecule has 150 valence electrons. The van der Waals surface area contributed by atoms with Crippen molar-refractivity contribution in [1.82, 2.24) is 10.2 Å². The van der Waals surface area contributed by atoms with Gasteiger partial charge in [-0.25, -0.2) is 0 Å². The van der Waals surface area contributed by atoms with Crippen molar-refractivity contribution in [3.63, 3.8) is 0 Å². The summed E-state index contributed by atoms with van der Waals surface area (Å²) in [6.45, 7) is -0.307. The smallest absolute Gasteiger partial charge is 0.350 e. The Labute approximate surface area is 168 Å². The Morgan fingerprint density at radius 3 is 2.38 bits per heavy atom. The molecule has 1 aliphatic heterocycles.